The Balaban J connectivity index is 1.94. The molecule has 1 N–H and O–H groups in total. The summed E-state index contributed by atoms with van der Waals surface area (Å²) >= 11 is 0. The minimum atomic E-state index is -0.0493. The van der Waals surface area contributed by atoms with Gasteiger partial charge in [0.25, 0.3) is 0 Å². The quantitative estimate of drug-likeness (QED) is 0.733. The van der Waals surface area contributed by atoms with E-state index in [1.54, 1.807) is 0 Å². The highest BCUT2D eigenvalue weighted by Gasteiger charge is 2.39. The van der Waals surface area contributed by atoms with Crippen LogP contribution in [0.5, 0.6) is 0 Å². The average Bonchev–Trinajstić information content (AvgIpc) is 2.30. The zero-order valence-corrected chi connectivity index (χ0v) is 10.3. The molecule has 0 aromatic heterocycles. The molecular weight excluding hydrogens is 202 g/mol. The fourth-order valence-electron chi connectivity index (χ4n) is 3.28. The molecule has 1 atom stereocenters. The minimum absolute atomic E-state index is 0.0489. The summed E-state index contributed by atoms with van der Waals surface area (Å²) in [7, 11) is 0. The number of ether oxygens (including phenoxy) is 1. The monoisotopic (exact) mass is 225 g/mol. The predicted molar refractivity (Wildman–Crippen MR) is 63.2 cm³/mol. The Morgan fingerprint density at radius 2 is 2.06 bits per heavy atom. The summed E-state index contributed by atoms with van der Waals surface area (Å²) in [5.74, 6) is -0.0489. The first-order valence-corrected chi connectivity index (χ1v) is 6.66. The van der Waals surface area contributed by atoms with E-state index in [9.17, 15) is 4.79 Å². The van der Waals surface area contributed by atoms with Crippen LogP contribution in [-0.4, -0.2) is 25.2 Å². The van der Waals surface area contributed by atoms with E-state index >= 15 is 0 Å². The summed E-state index contributed by atoms with van der Waals surface area (Å²) < 4.78 is 5.11. The summed E-state index contributed by atoms with van der Waals surface area (Å²) in [6.45, 7) is 3.34. The summed E-state index contributed by atoms with van der Waals surface area (Å²) in [5, 5.41) is 3.30. The van der Waals surface area contributed by atoms with Crippen LogP contribution in [-0.2, 0) is 9.53 Å². The Labute approximate surface area is 97.9 Å². The zero-order chi connectivity index (χ0) is 11.4. The standard InChI is InChI=1S/C13H23NO2/c1-2-16-12(15)11-10-13(8-9-14-11)6-4-3-5-7-13/h11,14H,2-10H2,1H3. The number of rotatable bonds is 2. The fourth-order valence-corrected chi connectivity index (χ4v) is 3.28. The van der Waals surface area contributed by atoms with Gasteiger partial charge in [-0.1, -0.05) is 19.3 Å². The van der Waals surface area contributed by atoms with Gasteiger partial charge < -0.3 is 10.1 Å². The van der Waals surface area contributed by atoms with Crippen LogP contribution >= 0.6 is 0 Å². The number of hydrogen-bond acceptors (Lipinski definition) is 3. The molecule has 16 heavy (non-hydrogen) atoms. The number of piperidine rings is 1. The maximum absolute atomic E-state index is 11.7. The van der Waals surface area contributed by atoms with Gasteiger partial charge in [-0.05, 0) is 44.6 Å². The lowest BCUT2D eigenvalue weighted by Gasteiger charge is -2.43. The van der Waals surface area contributed by atoms with Gasteiger partial charge in [-0.2, -0.15) is 0 Å². The van der Waals surface area contributed by atoms with Crippen LogP contribution in [0.1, 0.15) is 51.9 Å². The van der Waals surface area contributed by atoms with Gasteiger partial charge in [0.1, 0.15) is 6.04 Å². The van der Waals surface area contributed by atoms with Gasteiger partial charge >= 0.3 is 5.97 Å². The molecule has 0 bridgehead atoms. The van der Waals surface area contributed by atoms with Crippen molar-refractivity contribution >= 4 is 5.97 Å². The number of esters is 1. The van der Waals surface area contributed by atoms with Crippen LogP contribution in [0, 0.1) is 5.41 Å². The van der Waals surface area contributed by atoms with Crippen molar-refractivity contribution in [2.75, 3.05) is 13.2 Å². The van der Waals surface area contributed by atoms with E-state index in [1.807, 2.05) is 6.92 Å². The predicted octanol–water partition coefficient (Wildman–Crippen LogP) is 2.25. The van der Waals surface area contributed by atoms with Crippen molar-refractivity contribution in [3.63, 3.8) is 0 Å². The van der Waals surface area contributed by atoms with Gasteiger partial charge in [0.2, 0.25) is 0 Å². The Bertz CT molecular complexity index is 241. The average molecular weight is 225 g/mol. The molecule has 3 heteroatoms. The lowest BCUT2D eigenvalue weighted by molar-refractivity contribution is -0.147. The molecule has 1 aliphatic carbocycles. The molecule has 0 radical (unpaired) electrons. The Hall–Kier alpha value is -0.570. The highest BCUT2D eigenvalue weighted by Crippen LogP contribution is 2.44. The van der Waals surface area contributed by atoms with E-state index in [1.165, 1.54) is 38.5 Å². The SMILES string of the molecule is CCOC(=O)C1CC2(CCCCC2)CCN1. The molecule has 0 amide bonds. The lowest BCUT2D eigenvalue weighted by Crippen LogP contribution is -2.49. The minimum Gasteiger partial charge on any atom is -0.465 e. The van der Waals surface area contributed by atoms with E-state index in [2.05, 4.69) is 5.32 Å². The molecule has 1 heterocycles. The zero-order valence-electron chi connectivity index (χ0n) is 10.3. The first-order chi connectivity index (χ1) is 7.76. The highest BCUT2D eigenvalue weighted by atomic mass is 16.5. The lowest BCUT2D eigenvalue weighted by atomic mass is 9.66. The Morgan fingerprint density at radius 3 is 2.75 bits per heavy atom. The summed E-state index contributed by atoms with van der Waals surface area (Å²) in [5.41, 5.74) is 0.445. The van der Waals surface area contributed by atoms with Crippen LogP contribution < -0.4 is 5.32 Å². The van der Waals surface area contributed by atoms with Crippen molar-refractivity contribution in [1.82, 2.24) is 5.32 Å². The van der Waals surface area contributed by atoms with Gasteiger partial charge in [0, 0.05) is 0 Å². The molecule has 2 fully saturated rings. The van der Waals surface area contributed by atoms with Crippen molar-refractivity contribution in [1.29, 1.82) is 0 Å². The molecule has 3 nitrogen and oxygen atoms in total. The second-order valence-electron chi connectivity index (χ2n) is 5.27. The molecule has 0 aromatic rings. The van der Waals surface area contributed by atoms with E-state index in [-0.39, 0.29) is 12.0 Å². The van der Waals surface area contributed by atoms with Gasteiger partial charge in [0.15, 0.2) is 0 Å². The summed E-state index contributed by atoms with van der Waals surface area (Å²) in [4.78, 5) is 11.7. The van der Waals surface area contributed by atoms with Gasteiger partial charge in [-0.15, -0.1) is 0 Å². The van der Waals surface area contributed by atoms with Crippen molar-refractivity contribution in [2.45, 2.75) is 57.9 Å². The number of carbonyl (C=O) groups is 1. The third-order valence-corrected chi connectivity index (χ3v) is 4.17. The summed E-state index contributed by atoms with van der Waals surface area (Å²) in [6.07, 6.45) is 8.91. The molecule has 0 aromatic carbocycles. The number of nitrogens with one attached hydrogen (secondary N) is 1. The van der Waals surface area contributed by atoms with Crippen molar-refractivity contribution in [2.24, 2.45) is 5.41 Å². The van der Waals surface area contributed by atoms with Crippen LogP contribution in [0.25, 0.3) is 0 Å². The second kappa shape index (κ2) is 5.17. The van der Waals surface area contributed by atoms with Crippen molar-refractivity contribution < 1.29 is 9.53 Å². The van der Waals surface area contributed by atoms with Crippen molar-refractivity contribution in [3.8, 4) is 0 Å². The third kappa shape index (κ3) is 2.57. The molecule has 1 aliphatic heterocycles. The van der Waals surface area contributed by atoms with E-state index in [0.29, 0.717) is 12.0 Å². The molecular formula is C13H23NO2. The van der Waals surface area contributed by atoms with Crippen molar-refractivity contribution in [3.05, 3.63) is 0 Å². The molecule has 2 aliphatic rings. The Kier molecular flexibility index (Phi) is 3.85. The second-order valence-corrected chi connectivity index (χ2v) is 5.27. The fraction of sp³-hybridized carbons (Fsp3) is 0.923. The van der Waals surface area contributed by atoms with E-state index in [0.717, 1.165) is 13.0 Å². The van der Waals surface area contributed by atoms with Crippen LogP contribution in [0.15, 0.2) is 0 Å². The van der Waals surface area contributed by atoms with Crippen LogP contribution in [0.3, 0.4) is 0 Å². The third-order valence-electron chi connectivity index (χ3n) is 4.17. The molecule has 1 spiro atoms. The maximum Gasteiger partial charge on any atom is 0.323 e. The largest absolute Gasteiger partial charge is 0.465 e. The highest BCUT2D eigenvalue weighted by molar-refractivity contribution is 5.76. The first-order valence-electron chi connectivity index (χ1n) is 6.66. The van der Waals surface area contributed by atoms with Gasteiger partial charge in [0.05, 0.1) is 6.61 Å². The normalized spacial score (nSPS) is 28.9. The molecule has 2 rings (SSSR count). The molecule has 1 saturated carbocycles. The van der Waals surface area contributed by atoms with E-state index < -0.39 is 0 Å². The smallest absolute Gasteiger partial charge is 0.323 e. The molecule has 1 saturated heterocycles. The number of hydrogen-bond donors (Lipinski definition) is 1. The molecule has 1 unspecified atom stereocenters. The molecule has 92 valence electrons. The van der Waals surface area contributed by atoms with Crippen LogP contribution in [0.2, 0.25) is 0 Å². The summed E-state index contributed by atoms with van der Waals surface area (Å²) in [6, 6.07) is -0.0493. The Morgan fingerprint density at radius 1 is 1.31 bits per heavy atom. The number of carbonyl (C=O) groups excluding carboxylic acids is 1. The topological polar surface area (TPSA) is 38.3 Å². The first kappa shape index (κ1) is 11.9. The van der Waals surface area contributed by atoms with Gasteiger partial charge in [-0.3, -0.25) is 4.79 Å². The van der Waals surface area contributed by atoms with E-state index in [4.69, 9.17) is 4.74 Å². The maximum atomic E-state index is 11.7. The van der Waals surface area contributed by atoms with Gasteiger partial charge in [-0.25, -0.2) is 0 Å². The van der Waals surface area contributed by atoms with Crippen LogP contribution in [0.4, 0.5) is 0 Å².